The predicted octanol–water partition coefficient (Wildman–Crippen LogP) is 1.80. The summed E-state index contributed by atoms with van der Waals surface area (Å²) >= 11 is 3.16. The lowest BCUT2D eigenvalue weighted by Crippen LogP contribution is -2.46. The van der Waals surface area contributed by atoms with Crippen LogP contribution in [0.15, 0.2) is 10.9 Å². The van der Waals surface area contributed by atoms with Crippen LogP contribution in [-0.4, -0.2) is 34.8 Å². The summed E-state index contributed by atoms with van der Waals surface area (Å²) in [6, 6.07) is -0.458. The summed E-state index contributed by atoms with van der Waals surface area (Å²) in [7, 11) is 0. The number of rotatable bonds is 9. The number of nitrogens with zero attached hydrogens (tertiary/aromatic N) is 1. The van der Waals surface area contributed by atoms with Gasteiger partial charge in [0.1, 0.15) is 6.04 Å². The van der Waals surface area contributed by atoms with Gasteiger partial charge in [-0.3, -0.25) is 9.59 Å². The predicted molar refractivity (Wildman–Crippen MR) is 83.8 cm³/mol. The van der Waals surface area contributed by atoms with Crippen molar-refractivity contribution in [2.45, 2.75) is 38.8 Å². The molecule has 0 fully saturated rings. The Labute approximate surface area is 127 Å². The molecule has 0 bridgehead atoms. The molecule has 5 nitrogen and oxygen atoms in total. The van der Waals surface area contributed by atoms with Crippen LogP contribution in [-0.2, 0) is 16.1 Å². The highest BCUT2D eigenvalue weighted by molar-refractivity contribution is 7.98. The lowest BCUT2D eigenvalue weighted by atomic mass is 10.2. The Morgan fingerprint density at radius 3 is 2.90 bits per heavy atom. The van der Waals surface area contributed by atoms with Gasteiger partial charge in [0.2, 0.25) is 11.8 Å². The Morgan fingerprint density at radius 1 is 1.50 bits per heavy atom. The van der Waals surface area contributed by atoms with Crippen molar-refractivity contribution in [3.8, 4) is 0 Å². The van der Waals surface area contributed by atoms with Gasteiger partial charge in [0.05, 0.1) is 17.7 Å². The highest BCUT2D eigenvalue weighted by Gasteiger charge is 2.19. The maximum atomic E-state index is 12.1. The topological polar surface area (TPSA) is 71.1 Å². The molecular weight excluding hydrogens is 294 g/mol. The zero-order chi connectivity index (χ0) is 14.8. The average Bonchev–Trinajstić information content (AvgIpc) is 2.94. The van der Waals surface area contributed by atoms with E-state index in [1.807, 2.05) is 18.6 Å². The van der Waals surface area contributed by atoms with Crippen LogP contribution in [0.25, 0.3) is 0 Å². The summed E-state index contributed by atoms with van der Waals surface area (Å²) < 4.78 is 0. The summed E-state index contributed by atoms with van der Waals surface area (Å²) in [6.45, 7) is 2.35. The van der Waals surface area contributed by atoms with Gasteiger partial charge in [-0.25, -0.2) is 4.98 Å². The van der Waals surface area contributed by atoms with Crippen molar-refractivity contribution in [3.63, 3.8) is 0 Å². The first-order valence-corrected chi connectivity index (χ1v) is 8.94. The summed E-state index contributed by atoms with van der Waals surface area (Å²) in [5.41, 5.74) is 2.57. The summed E-state index contributed by atoms with van der Waals surface area (Å²) in [5.74, 6) is 0.625. The van der Waals surface area contributed by atoms with Crippen LogP contribution in [0.5, 0.6) is 0 Å². The van der Waals surface area contributed by atoms with Crippen molar-refractivity contribution in [3.05, 3.63) is 16.6 Å². The minimum atomic E-state index is -0.458. The molecule has 0 radical (unpaired) electrons. The molecular formula is C13H21N3O2S2. The third-order valence-corrected chi connectivity index (χ3v) is 3.95. The number of aromatic nitrogens is 1. The maximum Gasteiger partial charge on any atom is 0.242 e. The van der Waals surface area contributed by atoms with E-state index in [4.69, 9.17) is 0 Å². The quantitative estimate of drug-likeness (QED) is 0.729. The molecule has 0 saturated carbocycles. The van der Waals surface area contributed by atoms with Crippen LogP contribution < -0.4 is 10.6 Å². The van der Waals surface area contributed by atoms with Crippen LogP contribution in [0.3, 0.4) is 0 Å². The SMILES string of the molecule is CCCC(=O)N[C@@H](CCSC)C(=O)NCc1cscn1. The molecule has 7 heteroatoms. The highest BCUT2D eigenvalue weighted by Crippen LogP contribution is 2.04. The van der Waals surface area contributed by atoms with E-state index in [0.29, 0.717) is 19.4 Å². The average molecular weight is 315 g/mol. The van der Waals surface area contributed by atoms with Gasteiger partial charge in [-0.1, -0.05) is 6.92 Å². The molecule has 0 aliphatic rings. The minimum Gasteiger partial charge on any atom is -0.349 e. The van der Waals surface area contributed by atoms with Gasteiger partial charge in [0.15, 0.2) is 0 Å². The summed E-state index contributed by atoms with van der Waals surface area (Å²) in [4.78, 5) is 27.9. The maximum absolute atomic E-state index is 12.1. The van der Waals surface area contributed by atoms with Gasteiger partial charge in [-0.2, -0.15) is 11.8 Å². The van der Waals surface area contributed by atoms with E-state index in [1.165, 1.54) is 11.3 Å². The molecule has 2 amide bonds. The summed E-state index contributed by atoms with van der Waals surface area (Å²) in [5, 5.41) is 7.52. The number of hydrogen-bond donors (Lipinski definition) is 2. The van der Waals surface area contributed by atoms with Gasteiger partial charge in [-0.15, -0.1) is 11.3 Å². The van der Waals surface area contributed by atoms with Gasteiger partial charge in [0.25, 0.3) is 0 Å². The first-order valence-electron chi connectivity index (χ1n) is 6.60. The fourth-order valence-electron chi connectivity index (χ4n) is 1.62. The number of amides is 2. The van der Waals surface area contributed by atoms with Crippen molar-refractivity contribution < 1.29 is 9.59 Å². The Morgan fingerprint density at radius 2 is 2.30 bits per heavy atom. The lowest BCUT2D eigenvalue weighted by Gasteiger charge is -2.17. The first kappa shape index (κ1) is 17.0. The largest absolute Gasteiger partial charge is 0.349 e. The van der Waals surface area contributed by atoms with Gasteiger partial charge < -0.3 is 10.6 Å². The third kappa shape index (κ3) is 6.38. The van der Waals surface area contributed by atoms with E-state index < -0.39 is 6.04 Å². The molecule has 1 atom stereocenters. The third-order valence-electron chi connectivity index (χ3n) is 2.67. The number of carbonyl (C=O) groups is 2. The monoisotopic (exact) mass is 315 g/mol. The van der Waals surface area contributed by atoms with E-state index in [-0.39, 0.29) is 11.8 Å². The Kier molecular flexibility index (Phi) is 8.29. The Bertz CT molecular complexity index is 410. The molecule has 2 N–H and O–H groups in total. The van der Waals surface area contributed by atoms with E-state index in [9.17, 15) is 9.59 Å². The van der Waals surface area contributed by atoms with Crippen LogP contribution in [0, 0.1) is 0 Å². The molecule has 1 aromatic rings. The molecule has 0 unspecified atom stereocenters. The van der Waals surface area contributed by atoms with Crippen LogP contribution in [0.4, 0.5) is 0 Å². The van der Waals surface area contributed by atoms with E-state index in [0.717, 1.165) is 17.9 Å². The summed E-state index contributed by atoms with van der Waals surface area (Å²) in [6.07, 6.45) is 3.86. The number of thiazole rings is 1. The number of hydrogen-bond acceptors (Lipinski definition) is 5. The van der Waals surface area contributed by atoms with Crippen LogP contribution in [0.1, 0.15) is 31.9 Å². The molecule has 1 rings (SSSR count). The molecule has 112 valence electrons. The van der Waals surface area contributed by atoms with Crippen molar-refractivity contribution in [2.75, 3.05) is 12.0 Å². The standard InChI is InChI=1S/C13H21N3O2S2/c1-3-4-12(17)16-11(5-6-19-2)13(18)14-7-10-8-20-9-15-10/h8-9,11H,3-7H2,1-2H3,(H,14,18)(H,16,17)/t11-/m0/s1. The number of thioether (sulfide) groups is 1. The van der Waals surface area contributed by atoms with Crippen molar-refractivity contribution >= 4 is 34.9 Å². The van der Waals surface area contributed by atoms with Crippen molar-refractivity contribution in [2.24, 2.45) is 0 Å². The smallest absolute Gasteiger partial charge is 0.242 e. The number of carbonyl (C=O) groups excluding carboxylic acids is 2. The zero-order valence-corrected chi connectivity index (χ0v) is 13.5. The Balaban J connectivity index is 2.47. The fourth-order valence-corrected chi connectivity index (χ4v) is 2.65. The molecule has 0 saturated heterocycles. The van der Waals surface area contributed by atoms with Crippen molar-refractivity contribution in [1.82, 2.24) is 15.6 Å². The van der Waals surface area contributed by atoms with Crippen molar-refractivity contribution in [1.29, 1.82) is 0 Å². The van der Waals surface area contributed by atoms with Gasteiger partial charge >= 0.3 is 0 Å². The van der Waals surface area contributed by atoms with Crippen LogP contribution in [0.2, 0.25) is 0 Å². The molecule has 20 heavy (non-hydrogen) atoms. The normalized spacial score (nSPS) is 11.9. The van der Waals surface area contributed by atoms with Crippen LogP contribution >= 0.6 is 23.1 Å². The first-order chi connectivity index (χ1) is 9.67. The minimum absolute atomic E-state index is 0.0672. The second-order valence-electron chi connectivity index (χ2n) is 4.35. The molecule has 0 aliphatic heterocycles. The molecule has 0 aliphatic carbocycles. The zero-order valence-electron chi connectivity index (χ0n) is 11.8. The van der Waals surface area contributed by atoms with E-state index in [2.05, 4.69) is 15.6 Å². The Hall–Kier alpha value is -1.08. The molecule has 0 spiro atoms. The lowest BCUT2D eigenvalue weighted by molar-refractivity contribution is -0.129. The number of nitrogens with one attached hydrogen (secondary N) is 2. The van der Waals surface area contributed by atoms with Gasteiger partial charge in [0, 0.05) is 11.8 Å². The second kappa shape index (κ2) is 9.77. The molecule has 1 heterocycles. The molecule has 0 aromatic carbocycles. The fraction of sp³-hybridized carbons (Fsp3) is 0.615. The molecule has 1 aromatic heterocycles. The van der Waals surface area contributed by atoms with E-state index in [1.54, 1.807) is 17.3 Å². The van der Waals surface area contributed by atoms with Gasteiger partial charge in [-0.05, 0) is 24.9 Å². The van der Waals surface area contributed by atoms with E-state index >= 15 is 0 Å². The second-order valence-corrected chi connectivity index (χ2v) is 6.05. The highest BCUT2D eigenvalue weighted by atomic mass is 32.2.